The van der Waals surface area contributed by atoms with E-state index in [4.69, 9.17) is 11.6 Å². The van der Waals surface area contributed by atoms with Crippen molar-refractivity contribution >= 4 is 17.5 Å². The Labute approximate surface area is 142 Å². The molecule has 1 heterocycles. The van der Waals surface area contributed by atoms with E-state index in [-0.39, 0.29) is 16.8 Å². The first-order valence-corrected chi connectivity index (χ1v) is 7.04. The third kappa shape index (κ3) is 4.04. The maximum Gasteiger partial charge on any atom is 0.417 e. The minimum atomic E-state index is -4.63. The predicted octanol–water partition coefficient (Wildman–Crippen LogP) is 4.41. The van der Waals surface area contributed by atoms with Crippen LogP contribution in [0.2, 0.25) is 5.02 Å². The van der Waals surface area contributed by atoms with Crippen molar-refractivity contribution in [2.24, 2.45) is 0 Å². The van der Waals surface area contributed by atoms with Crippen LogP contribution < -0.4 is 5.32 Å². The highest BCUT2D eigenvalue weighted by Gasteiger charge is 2.31. The Morgan fingerprint density at radius 1 is 1.20 bits per heavy atom. The van der Waals surface area contributed by atoms with Crippen LogP contribution in [-0.4, -0.2) is 10.9 Å². The van der Waals surface area contributed by atoms with Crippen molar-refractivity contribution < 1.29 is 31.1 Å². The van der Waals surface area contributed by atoms with Gasteiger partial charge in [-0.15, -0.1) is 0 Å². The number of nitrogens with zero attached hydrogens (tertiary/aromatic N) is 1. The molecule has 1 N–H and O–H groups in total. The number of halogens is 7. The number of aromatic nitrogens is 1. The van der Waals surface area contributed by atoms with Crippen molar-refractivity contribution in [1.29, 1.82) is 0 Å². The lowest BCUT2D eigenvalue weighted by molar-refractivity contribution is -0.137. The van der Waals surface area contributed by atoms with Gasteiger partial charge >= 0.3 is 6.18 Å². The maximum atomic E-state index is 13.7. The molecule has 0 saturated heterocycles. The molecule has 3 nitrogen and oxygen atoms in total. The molecule has 0 bridgehead atoms. The Morgan fingerprint density at radius 3 is 2.40 bits per heavy atom. The summed E-state index contributed by atoms with van der Waals surface area (Å²) in [6.45, 7) is 0.577. The molecule has 0 fully saturated rings. The van der Waals surface area contributed by atoms with Crippen LogP contribution in [0.3, 0.4) is 0 Å². The van der Waals surface area contributed by atoms with Crippen LogP contribution in [-0.2, 0) is 12.7 Å². The van der Waals surface area contributed by atoms with Crippen molar-refractivity contribution in [3.63, 3.8) is 0 Å². The minimum Gasteiger partial charge on any atom is -0.346 e. The molecule has 2 rings (SSSR count). The van der Waals surface area contributed by atoms with Crippen LogP contribution in [0.4, 0.5) is 26.3 Å². The Morgan fingerprint density at radius 2 is 1.84 bits per heavy atom. The van der Waals surface area contributed by atoms with E-state index in [2.05, 4.69) is 10.3 Å². The second-order valence-corrected chi connectivity index (χ2v) is 5.39. The Bertz CT molecular complexity index is 838. The second-order valence-electron chi connectivity index (χ2n) is 4.99. The van der Waals surface area contributed by atoms with E-state index >= 15 is 0 Å². The molecule has 0 aliphatic heterocycles. The highest BCUT2D eigenvalue weighted by atomic mass is 35.5. The first-order valence-electron chi connectivity index (χ1n) is 6.66. The Balaban J connectivity index is 2.20. The lowest BCUT2D eigenvalue weighted by atomic mass is 10.1. The Hall–Kier alpha value is -2.29. The van der Waals surface area contributed by atoms with Gasteiger partial charge in [0.15, 0.2) is 11.6 Å². The van der Waals surface area contributed by atoms with Crippen molar-refractivity contribution in [2.75, 3.05) is 0 Å². The molecule has 134 valence electrons. The first-order chi connectivity index (χ1) is 11.5. The number of carbonyl (C=O) groups excluding carboxylic acids is 1. The number of rotatable bonds is 3. The molecule has 2 aromatic rings. The summed E-state index contributed by atoms with van der Waals surface area (Å²) in [6.07, 6.45) is -4.11. The average Bonchev–Trinajstić information content (AvgIpc) is 2.50. The van der Waals surface area contributed by atoms with Crippen molar-refractivity contribution in [2.45, 2.75) is 19.6 Å². The van der Waals surface area contributed by atoms with Crippen LogP contribution in [0.1, 0.15) is 27.2 Å². The van der Waals surface area contributed by atoms with Gasteiger partial charge in [-0.05, 0) is 13.0 Å². The minimum absolute atomic E-state index is 0.108. The summed E-state index contributed by atoms with van der Waals surface area (Å²) in [5.41, 5.74) is -2.44. The summed E-state index contributed by atoms with van der Waals surface area (Å²) in [5.74, 6) is -5.19. The highest BCUT2D eigenvalue weighted by Crippen LogP contribution is 2.31. The zero-order valence-electron chi connectivity index (χ0n) is 12.4. The van der Waals surface area contributed by atoms with E-state index < -0.39 is 52.8 Å². The van der Waals surface area contributed by atoms with Crippen molar-refractivity contribution in [3.05, 3.63) is 63.2 Å². The van der Waals surface area contributed by atoms with E-state index in [1.807, 2.05) is 0 Å². The van der Waals surface area contributed by atoms with Gasteiger partial charge in [0.25, 0.3) is 5.91 Å². The lowest BCUT2D eigenvalue weighted by Crippen LogP contribution is -2.26. The van der Waals surface area contributed by atoms with Crippen LogP contribution in [0.5, 0.6) is 0 Å². The standard InChI is InChI=1S/C15H9ClF6N2O/c1-6-12(9(17)3-10(18)13(6)19)14(25)24-5-11-8(16)2-7(4-23-11)15(20,21)22/h2-4H,5H2,1H3,(H,24,25). The summed E-state index contributed by atoms with van der Waals surface area (Å²) >= 11 is 5.68. The topological polar surface area (TPSA) is 42.0 Å². The molecule has 1 amide bonds. The Kier molecular flexibility index (Phi) is 5.26. The molecule has 1 aromatic carbocycles. The molecule has 1 aromatic heterocycles. The van der Waals surface area contributed by atoms with E-state index in [0.29, 0.717) is 12.3 Å². The van der Waals surface area contributed by atoms with Gasteiger partial charge in [0.05, 0.1) is 28.4 Å². The SMILES string of the molecule is Cc1c(F)c(F)cc(F)c1C(=O)NCc1ncc(C(F)(F)F)cc1Cl. The normalized spacial score (nSPS) is 11.5. The smallest absolute Gasteiger partial charge is 0.346 e. The van der Waals surface area contributed by atoms with E-state index in [1.54, 1.807) is 0 Å². The molecule has 0 aliphatic rings. The first kappa shape index (κ1) is 19.0. The van der Waals surface area contributed by atoms with Gasteiger partial charge in [0, 0.05) is 17.8 Å². The highest BCUT2D eigenvalue weighted by molar-refractivity contribution is 6.31. The molecule has 0 aliphatic carbocycles. The van der Waals surface area contributed by atoms with Crippen LogP contribution in [0.25, 0.3) is 0 Å². The van der Waals surface area contributed by atoms with Crippen LogP contribution in [0.15, 0.2) is 18.3 Å². The molecule has 0 saturated carbocycles. The molecule has 0 spiro atoms. The number of nitrogens with one attached hydrogen (secondary N) is 1. The fourth-order valence-corrected chi connectivity index (χ4v) is 2.23. The fraction of sp³-hybridized carbons (Fsp3) is 0.200. The summed E-state index contributed by atoms with van der Waals surface area (Å²) in [6, 6.07) is 0.847. The summed E-state index contributed by atoms with van der Waals surface area (Å²) in [7, 11) is 0. The van der Waals surface area contributed by atoms with Gasteiger partial charge < -0.3 is 5.32 Å². The molecular weight excluding hydrogens is 374 g/mol. The quantitative estimate of drug-likeness (QED) is 0.631. The molecule has 0 radical (unpaired) electrons. The van der Waals surface area contributed by atoms with E-state index in [0.717, 1.165) is 6.92 Å². The lowest BCUT2D eigenvalue weighted by Gasteiger charge is -2.12. The third-order valence-corrected chi connectivity index (χ3v) is 3.62. The number of hydrogen-bond acceptors (Lipinski definition) is 2. The molecule has 25 heavy (non-hydrogen) atoms. The third-order valence-electron chi connectivity index (χ3n) is 3.29. The van der Waals surface area contributed by atoms with Gasteiger partial charge in [-0.3, -0.25) is 9.78 Å². The largest absolute Gasteiger partial charge is 0.417 e. The van der Waals surface area contributed by atoms with Crippen molar-refractivity contribution in [1.82, 2.24) is 10.3 Å². The van der Waals surface area contributed by atoms with Gasteiger partial charge in [0.2, 0.25) is 0 Å². The van der Waals surface area contributed by atoms with Gasteiger partial charge in [-0.1, -0.05) is 11.6 Å². The number of pyridine rings is 1. The fourth-order valence-electron chi connectivity index (χ4n) is 2.00. The number of benzene rings is 1. The monoisotopic (exact) mass is 382 g/mol. The number of hydrogen-bond donors (Lipinski definition) is 1. The predicted molar refractivity (Wildman–Crippen MR) is 76.5 cm³/mol. The number of carbonyl (C=O) groups is 1. The molecular formula is C15H9ClF6N2O. The summed E-state index contributed by atoms with van der Waals surface area (Å²) in [4.78, 5) is 15.5. The van der Waals surface area contributed by atoms with Crippen molar-refractivity contribution in [3.8, 4) is 0 Å². The van der Waals surface area contributed by atoms with Gasteiger partial charge in [-0.2, -0.15) is 13.2 Å². The summed E-state index contributed by atoms with van der Waals surface area (Å²) < 4.78 is 77.8. The summed E-state index contributed by atoms with van der Waals surface area (Å²) in [5, 5.41) is 1.78. The molecule has 0 unspecified atom stereocenters. The zero-order valence-corrected chi connectivity index (χ0v) is 13.2. The second kappa shape index (κ2) is 6.91. The number of alkyl halides is 3. The maximum absolute atomic E-state index is 13.7. The average molecular weight is 383 g/mol. The number of amides is 1. The molecule has 0 atom stereocenters. The zero-order chi connectivity index (χ0) is 18.9. The van der Waals surface area contributed by atoms with E-state index in [9.17, 15) is 31.1 Å². The van der Waals surface area contributed by atoms with Gasteiger partial charge in [-0.25, -0.2) is 13.2 Å². The van der Waals surface area contributed by atoms with E-state index in [1.165, 1.54) is 0 Å². The molecule has 10 heteroatoms. The van der Waals surface area contributed by atoms with Crippen LogP contribution >= 0.6 is 11.6 Å². The van der Waals surface area contributed by atoms with Gasteiger partial charge in [0.1, 0.15) is 5.82 Å². The van der Waals surface area contributed by atoms with Crippen LogP contribution in [0, 0.1) is 24.4 Å².